The molecule has 3 aliphatic heterocycles. The van der Waals surface area contributed by atoms with Crippen molar-refractivity contribution in [2.75, 3.05) is 19.7 Å². The van der Waals surface area contributed by atoms with Gasteiger partial charge in [0.05, 0.1) is 19.1 Å². The lowest BCUT2D eigenvalue weighted by Gasteiger charge is -2.42. The number of nitrogens with zero attached hydrogens (tertiary/aromatic N) is 6. The fourth-order valence-electron chi connectivity index (χ4n) is 5.14. The standard InChI is InChI=1S/C19H24N6O3/c1-12-14(13(2)25-18(22-12)20-11-21-25)4-5-16(26)23-8-6-19-15(23)10-17(27)24(19)7-3-9-28-19/h11,15H,3-10H2,1-2H3/t15-,19+/m1/s1. The first-order valence-electron chi connectivity index (χ1n) is 9.91. The van der Waals surface area contributed by atoms with Crippen LogP contribution in [0.15, 0.2) is 6.33 Å². The van der Waals surface area contributed by atoms with E-state index in [4.69, 9.17) is 4.74 Å². The van der Waals surface area contributed by atoms with Gasteiger partial charge in [0, 0.05) is 37.3 Å². The molecule has 2 atom stereocenters. The Balaban J connectivity index is 1.34. The Labute approximate surface area is 162 Å². The largest absolute Gasteiger partial charge is 0.353 e. The molecule has 28 heavy (non-hydrogen) atoms. The second kappa shape index (κ2) is 6.23. The van der Waals surface area contributed by atoms with Crippen molar-refractivity contribution in [2.45, 2.75) is 57.7 Å². The van der Waals surface area contributed by atoms with Crippen LogP contribution < -0.4 is 0 Å². The number of aromatic nitrogens is 4. The number of hydrogen-bond donors (Lipinski definition) is 0. The summed E-state index contributed by atoms with van der Waals surface area (Å²) < 4.78 is 7.80. The molecule has 3 saturated heterocycles. The molecule has 2 amide bonds. The number of carbonyl (C=O) groups is 2. The third kappa shape index (κ3) is 2.38. The smallest absolute Gasteiger partial charge is 0.252 e. The second-order valence-electron chi connectivity index (χ2n) is 7.88. The number of amides is 2. The fraction of sp³-hybridized carbons (Fsp3) is 0.632. The summed E-state index contributed by atoms with van der Waals surface area (Å²) in [5, 5.41) is 4.21. The summed E-state index contributed by atoms with van der Waals surface area (Å²) in [4.78, 5) is 37.9. The maximum Gasteiger partial charge on any atom is 0.252 e. The van der Waals surface area contributed by atoms with Gasteiger partial charge in [0.2, 0.25) is 11.8 Å². The minimum Gasteiger partial charge on any atom is -0.353 e. The van der Waals surface area contributed by atoms with Crippen LogP contribution in [0.2, 0.25) is 0 Å². The highest BCUT2D eigenvalue weighted by Crippen LogP contribution is 2.45. The SMILES string of the molecule is Cc1nc2ncnn2c(C)c1CCC(=O)N1CC[C@@]23OCCCN2C(=O)C[C@@H]13. The Morgan fingerprint density at radius 2 is 2.21 bits per heavy atom. The van der Waals surface area contributed by atoms with Crippen LogP contribution in [0.25, 0.3) is 5.78 Å². The van der Waals surface area contributed by atoms with Gasteiger partial charge in [-0.2, -0.15) is 10.1 Å². The van der Waals surface area contributed by atoms with Crippen molar-refractivity contribution >= 4 is 17.6 Å². The number of ether oxygens (including phenoxy) is 1. The molecule has 0 aliphatic carbocycles. The van der Waals surface area contributed by atoms with E-state index in [-0.39, 0.29) is 17.9 Å². The van der Waals surface area contributed by atoms with Crippen LogP contribution >= 0.6 is 0 Å². The topological polar surface area (TPSA) is 92.9 Å². The van der Waals surface area contributed by atoms with E-state index in [1.807, 2.05) is 23.6 Å². The van der Waals surface area contributed by atoms with Crippen LogP contribution in [-0.4, -0.2) is 72.7 Å². The number of likely N-dealkylation sites (tertiary alicyclic amines) is 1. The molecule has 9 nitrogen and oxygen atoms in total. The van der Waals surface area contributed by atoms with Crippen LogP contribution in [0.1, 0.15) is 42.6 Å². The van der Waals surface area contributed by atoms with Gasteiger partial charge in [0.25, 0.3) is 5.78 Å². The number of rotatable bonds is 3. The molecule has 0 radical (unpaired) electrons. The van der Waals surface area contributed by atoms with Crippen LogP contribution in [0.4, 0.5) is 0 Å². The van der Waals surface area contributed by atoms with Crippen LogP contribution in [-0.2, 0) is 20.7 Å². The Morgan fingerprint density at radius 1 is 1.36 bits per heavy atom. The number of carbonyl (C=O) groups excluding carboxylic acids is 2. The van der Waals surface area contributed by atoms with E-state index in [0.29, 0.717) is 44.6 Å². The van der Waals surface area contributed by atoms with E-state index in [9.17, 15) is 9.59 Å². The van der Waals surface area contributed by atoms with Crippen molar-refractivity contribution in [1.82, 2.24) is 29.4 Å². The first kappa shape index (κ1) is 17.5. The summed E-state index contributed by atoms with van der Waals surface area (Å²) in [6.45, 7) is 5.95. The molecule has 2 aromatic rings. The van der Waals surface area contributed by atoms with E-state index in [1.54, 1.807) is 4.52 Å². The summed E-state index contributed by atoms with van der Waals surface area (Å²) in [5.74, 6) is 0.753. The van der Waals surface area contributed by atoms with Gasteiger partial charge in [-0.25, -0.2) is 9.50 Å². The average Bonchev–Trinajstić information content (AvgIpc) is 3.34. The molecule has 1 spiro atoms. The van der Waals surface area contributed by atoms with Gasteiger partial charge in [-0.1, -0.05) is 0 Å². The van der Waals surface area contributed by atoms with Gasteiger partial charge in [-0.3, -0.25) is 9.59 Å². The summed E-state index contributed by atoms with van der Waals surface area (Å²) in [7, 11) is 0. The first-order valence-corrected chi connectivity index (χ1v) is 9.91. The zero-order chi connectivity index (χ0) is 19.5. The lowest BCUT2D eigenvalue weighted by molar-refractivity contribution is -0.181. The third-order valence-electron chi connectivity index (χ3n) is 6.51. The van der Waals surface area contributed by atoms with E-state index in [1.165, 1.54) is 6.33 Å². The Morgan fingerprint density at radius 3 is 3.07 bits per heavy atom. The quantitative estimate of drug-likeness (QED) is 0.770. The average molecular weight is 384 g/mol. The van der Waals surface area contributed by atoms with Crippen molar-refractivity contribution in [2.24, 2.45) is 0 Å². The monoisotopic (exact) mass is 384 g/mol. The number of hydrogen-bond acceptors (Lipinski definition) is 6. The summed E-state index contributed by atoms with van der Waals surface area (Å²) in [5.41, 5.74) is 2.28. The zero-order valence-electron chi connectivity index (χ0n) is 16.2. The minimum atomic E-state index is -0.585. The van der Waals surface area contributed by atoms with Crippen molar-refractivity contribution in [3.05, 3.63) is 23.3 Å². The van der Waals surface area contributed by atoms with Gasteiger partial charge >= 0.3 is 0 Å². The molecule has 0 bridgehead atoms. The van der Waals surface area contributed by atoms with Crippen LogP contribution in [0.3, 0.4) is 0 Å². The molecular formula is C19H24N6O3. The van der Waals surface area contributed by atoms with E-state index >= 15 is 0 Å². The summed E-state index contributed by atoms with van der Waals surface area (Å²) in [6, 6.07) is -0.161. The lowest BCUT2D eigenvalue weighted by atomic mass is 10.0. The van der Waals surface area contributed by atoms with Crippen molar-refractivity contribution in [3.8, 4) is 0 Å². The molecule has 0 aromatic carbocycles. The van der Waals surface area contributed by atoms with Gasteiger partial charge in [0.1, 0.15) is 6.33 Å². The van der Waals surface area contributed by atoms with Crippen molar-refractivity contribution < 1.29 is 14.3 Å². The maximum absolute atomic E-state index is 13.1. The Hall–Kier alpha value is -2.55. The molecule has 0 unspecified atom stereocenters. The first-order chi connectivity index (χ1) is 13.5. The van der Waals surface area contributed by atoms with Gasteiger partial charge < -0.3 is 14.5 Å². The lowest BCUT2D eigenvalue weighted by Crippen LogP contribution is -2.56. The molecule has 148 valence electrons. The van der Waals surface area contributed by atoms with Gasteiger partial charge in [-0.15, -0.1) is 0 Å². The maximum atomic E-state index is 13.1. The highest BCUT2D eigenvalue weighted by atomic mass is 16.5. The molecule has 0 saturated carbocycles. The fourth-order valence-corrected chi connectivity index (χ4v) is 5.14. The number of aryl methyl sites for hydroxylation is 2. The molecule has 3 fully saturated rings. The molecule has 5 heterocycles. The second-order valence-corrected chi connectivity index (χ2v) is 7.88. The Kier molecular flexibility index (Phi) is 3.90. The van der Waals surface area contributed by atoms with Crippen LogP contribution in [0.5, 0.6) is 0 Å². The van der Waals surface area contributed by atoms with Gasteiger partial charge in [-0.05, 0) is 32.3 Å². The summed E-state index contributed by atoms with van der Waals surface area (Å²) in [6.07, 6.45) is 4.40. The normalized spacial score (nSPS) is 26.8. The molecule has 5 rings (SSSR count). The highest BCUT2D eigenvalue weighted by Gasteiger charge is 2.61. The molecule has 9 heteroatoms. The molecular weight excluding hydrogens is 360 g/mol. The minimum absolute atomic E-state index is 0.0724. The number of fused-ring (bicyclic) bond motifs is 1. The van der Waals surface area contributed by atoms with Crippen molar-refractivity contribution in [1.29, 1.82) is 0 Å². The highest BCUT2D eigenvalue weighted by molar-refractivity contribution is 5.84. The third-order valence-corrected chi connectivity index (χ3v) is 6.51. The van der Waals surface area contributed by atoms with Crippen LogP contribution in [0, 0.1) is 13.8 Å². The van der Waals surface area contributed by atoms with Gasteiger partial charge in [0.15, 0.2) is 5.72 Å². The predicted molar refractivity (Wildman–Crippen MR) is 98.3 cm³/mol. The van der Waals surface area contributed by atoms with E-state index < -0.39 is 5.72 Å². The molecule has 2 aromatic heterocycles. The molecule has 3 aliphatic rings. The van der Waals surface area contributed by atoms with E-state index in [0.717, 1.165) is 29.9 Å². The predicted octanol–water partition coefficient (Wildman–Crippen LogP) is 0.624. The summed E-state index contributed by atoms with van der Waals surface area (Å²) >= 11 is 0. The van der Waals surface area contributed by atoms with E-state index in [2.05, 4.69) is 15.1 Å². The molecule has 0 N–H and O–H groups in total. The zero-order valence-corrected chi connectivity index (χ0v) is 16.2. The van der Waals surface area contributed by atoms with Crippen molar-refractivity contribution in [3.63, 3.8) is 0 Å². The Bertz CT molecular complexity index is 972.